The van der Waals surface area contributed by atoms with Crippen LogP contribution in [0.5, 0.6) is 0 Å². The van der Waals surface area contributed by atoms with E-state index in [1.54, 1.807) is 6.92 Å². The summed E-state index contributed by atoms with van der Waals surface area (Å²) >= 11 is 0. The summed E-state index contributed by atoms with van der Waals surface area (Å²) in [6.45, 7) is 3.09. The summed E-state index contributed by atoms with van der Waals surface area (Å²) in [6.07, 6.45) is -3.47. The van der Waals surface area contributed by atoms with Crippen LogP contribution in [0.4, 0.5) is 17.6 Å². The molecule has 0 saturated carbocycles. The van der Waals surface area contributed by atoms with Gasteiger partial charge in [-0.25, -0.2) is 13.9 Å². The van der Waals surface area contributed by atoms with Crippen LogP contribution < -0.4 is 10.7 Å². The minimum Gasteiger partial charge on any atom is -0.303 e. The first-order valence-electron chi connectivity index (χ1n) is 8.28. The van der Waals surface area contributed by atoms with Crippen molar-refractivity contribution in [3.63, 3.8) is 0 Å². The van der Waals surface area contributed by atoms with Gasteiger partial charge in [0.15, 0.2) is 11.1 Å². The molecule has 0 spiro atoms. The fourth-order valence-corrected chi connectivity index (χ4v) is 2.94. The van der Waals surface area contributed by atoms with Gasteiger partial charge in [0, 0.05) is 17.7 Å². The first kappa shape index (κ1) is 19.7. The highest BCUT2D eigenvalue weighted by atomic mass is 19.4. The maximum atomic E-state index is 13.8. The lowest BCUT2D eigenvalue weighted by atomic mass is 10.0. The normalized spacial score (nSPS) is 13.1. The van der Waals surface area contributed by atoms with E-state index in [9.17, 15) is 27.2 Å². The molecule has 0 amide bonds. The number of halogens is 4. The molecule has 0 fully saturated rings. The van der Waals surface area contributed by atoms with Gasteiger partial charge in [0.1, 0.15) is 17.9 Å². The third kappa shape index (κ3) is 3.81. The highest BCUT2D eigenvalue weighted by Crippen LogP contribution is 2.33. The molecule has 0 aliphatic heterocycles. The molecule has 10 heteroatoms. The number of carbonyl (C=O) groups is 1. The van der Waals surface area contributed by atoms with E-state index in [-0.39, 0.29) is 34.8 Å². The molecule has 2 heterocycles. The number of benzene rings is 1. The summed E-state index contributed by atoms with van der Waals surface area (Å²) < 4.78 is 54.2. The van der Waals surface area contributed by atoms with Crippen molar-refractivity contribution in [2.24, 2.45) is 0 Å². The summed E-state index contributed by atoms with van der Waals surface area (Å²) in [5.41, 5.74) is -1.35. The molecule has 1 aromatic carbocycles. The van der Waals surface area contributed by atoms with Crippen molar-refractivity contribution >= 4 is 11.4 Å². The van der Waals surface area contributed by atoms with E-state index in [0.717, 1.165) is 18.2 Å². The van der Waals surface area contributed by atoms with E-state index in [1.807, 2.05) is 0 Å². The molecule has 0 radical (unpaired) electrons. The standard InChI is InChI=1S/C18H16F4N4O2/c1-9(27)7-23-10(2)16-15(28)6-14(26-17(16)24-8-25-26)11-3-12(18(20,21)22)5-13(19)4-11/h3-6,8,10,23H,7H2,1-2H3,(H,24,25). The van der Waals surface area contributed by atoms with Crippen LogP contribution in [0.15, 0.2) is 35.4 Å². The summed E-state index contributed by atoms with van der Waals surface area (Å²) in [7, 11) is 0. The van der Waals surface area contributed by atoms with E-state index in [0.29, 0.717) is 6.07 Å². The largest absolute Gasteiger partial charge is 0.416 e. The maximum absolute atomic E-state index is 13.8. The second-order valence-corrected chi connectivity index (χ2v) is 6.38. The number of H-pyrrole nitrogens is 1. The van der Waals surface area contributed by atoms with Crippen LogP contribution in [-0.2, 0) is 11.0 Å². The minimum absolute atomic E-state index is 0.0324. The Labute approximate surface area is 156 Å². The molecular formula is C18H16F4N4O2. The molecular weight excluding hydrogens is 380 g/mol. The number of hydrogen-bond donors (Lipinski definition) is 2. The summed E-state index contributed by atoms with van der Waals surface area (Å²) in [4.78, 5) is 27.9. The lowest BCUT2D eigenvalue weighted by molar-refractivity contribution is -0.137. The second kappa shape index (κ2) is 7.19. The molecule has 2 N–H and O–H groups in total. The molecule has 1 unspecified atom stereocenters. The number of ketones is 1. The fourth-order valence-electron chi connectivity index (χ4n) is 2.94. The van der Waals surface area contributed by atoms with Crippen LogP contribution >= 0.6 is 0 Å². The molecule has 3 aromatic rings. The van der Waals surface area contributed by atoms with E-state index in [1.165, 1.54) is 17.8 Å². The smallest absolute Gasteiger partial charge is 0.303 e. The lowest BCUT2D eigenvalue weighted by Crippen LogP contribution is -2.29. The average Bonchev–Trinajstić information content (AvgIpc) is 3.06. The number of Topliss-reactive ketones (excluding diaryl/α,β-unsaturated/α-hetero) is 1. The van der Waals surface area contributed by atoms with Gasteiger partial charge in [-0.2, -0.15) is 13.2 Å². The zero-order valence-corrected chi connectivity index (χ0v) is 14.9. The number of alkyl halides is 3. The van der Waals surface area contributed by atoms with Crippen LogP contribution in [0.2, 0.25) is 0 Å². The first-order chi connectivity index (χ1) is 13.1. The Morgan fingerprint density at radius 3 is 2.64 bits per heavy atom. The Morgan fingerprint density at radius 2 is 2.00 bits per heavy atom. The molecule has 0 aliphatic carbocycles. The molecule has 0 saturated heterocycles. The third-order valence-electron chi connectivity index (χ3n) is 4.21. The average molecular weight is 396 g/mol. The topological polar surface area (TPSA) is 79.3 Å². The summed E-state index contributed by atoms with van der Waals surface area (Å²) in [5.74, 6) is -1.20. The first-order valence-corrected chi connectivity index (χ1v) is 8.28. The summed E-state index contributed by atoms with van der Waals surface area (Å²) in [5, 5.41) is 5.61. The number of fused-ring (bicyclic) bond motifs is 1. The van der Waals surface area contributed by atoms with Crippen molar-refractivity contribution in [3.05, 3.63) is 57.8 Å². The SMILES string of the molecule is CC(=O)CNC(C)c1c(=O)cc(-c2cc(F)cc(C(F)(F)F)c2)n2[nH]cnc12. The van der Waals surface area contributed by atoms with Crippen molar-refractivity contribution in [1.29, 1.82) is 0 Å². The highest BCUT2D eigenvalue weighted by molar-refractivity contribution is 5.77. The van der Waals surface area contributed by atoms with Gasteiger partial charge in [0.2, 0.25) is 0 Å². The minimum atomic E-state index is -4.74. The molecule has 0 aliphatic rings. The van der Waals surface area contributed by atoms with Crippen LogP contribution in [-0.4, -0.2) is 26.9 Å². The van der Waals surface area contributed by atoms with Crippen LogP contribution in [0.1, 0.15) is 31.0 Å². The predicted molar refractivity (Wildman–Crippen MR) is 93.3 cm³/mol. The summed E-state index contributed by atoms with van der Waals surface area (Å²) in [6, 6.07) is 2.64. The van der Waals surface area contributed by atoms with Gasteiger partial charge in [-0.15, -0.1) is 0 Å². The maximum Gasteiger partial charge on any atom is 0.416 e. The quantitative estimate of drug-likeness (QED) is 0.650. The molecule has 1 atom stereocenters. The van der Waals surface area contributed by atoms with Crippen LogP contribution in [0.25, 0.3) is 16.9 Å². The zero-order valence-electron chi connectivity index (χ0n) is 14.9. The van der Waals surface area contributed by atoms with E-state index in [4.69, 9.17) is 0 Å². The zero-order chi connectivity index (χ0) is 20.6. The number of nitrogens with one attached hydrogen (secondary N) is 2. The fraction of sp³-hybridized carbons (Fsp3) is 0.278. The number of carbonyl (C=O) groups excluding carboxylic acids is 1. The number of aromatic nitrogens is 3. The molecule has 148 valence electrons. The molecule has 2 aromatic heterocycles. The number of pyridine rings is 1. The Balaban J connectivity index is 2.17. The number of hydrogen-bond acceptors (Lipinski definition) is 4. The van der Waals surface area contributed by atoms with Gasteiger partial charge < -0.3 is 5.32 Å². The van der Waals surface area contributed by atoms with E-state index in [2.05, 4.69) is 15.4 Å². The van der Waals surface area contributed by atoms with Crippen molar-refractivity contribution in [2.75, 3.05) is 6.54 Å². The van der Waals surface area contributed by atoms with Crippen LogP contribution in [0.3, 0.4) is 0 Å². The van der Waals surface area contributed by atoms with Crippen molar-refractivity contribution in [3.8, 4) is 11.3 Å². The monoisotopic (exact) mass is 396 g/mol. The Bertz CT molecular complexity index is 1100. The van der Waals surface area contributed by atoms with Crippen LogP contribution in [0, 0.1) is 5.82 Å². The van der Waals surface area contributed by atoms with Crippen molar-refractivity contribution < 1.29 is 22.4 Å². The Morgan fingerprint density at radius 1 is 1.29 bits per heavy atom. The van der Waals surface area contributed by atoms with Gasteiger partial charge in [0.05, 0.1) is 23.4 Å². The Kier molecular flexibility index (Phi) is 5.07. The number of nitrogens with zero attached hydrogens (tertiary/aromatic N) is 2. The molecule has 28 heavy (non-hydrogen) atoms. The van der Waals surface area contributed by atoms with Gasteiger partial charge >= 0.3 is 6.18 Å². The number of rotatable bonds is 5. The molecule has 3 rings (SSSR count). The third-order valence-corrected chi connectivity index (χ3v) is 4.21. The van der Waals surface area contributed by atoms with Crippen molar-refractivity contribution in [2.45, 2.75) is 26.1 Å². The van der Waals surface area contributed by atoms with Gasteiger partial charge in [-0.1, -0.05) is 0 Å². The van der Waals surface area contributed by atoms with Gasteiger partial charge in [-0.3, -0.25) is 14.7 Å². The van der Waals surface area contributed by atoms with Gasteiger partial charge in [-0.05, 0) is 32.0 Å². The van der Waals surface area contributed by atoms with E-state index >= 15 is 0 Å². The Hall–Kier alpha value is -3.01. The predicted octanol–water partition coefficient (Wildman–Crippen LogP) is 3.09. The lowest BCUT2D eigenvalue weighted by Gasteiger charge is -2.15. The van der Waals surface area contributed by atoms with E-state index < -0.39 is 29.0 Å². The molecule has 0 bridgehead atoms. The number of aromatic amines is 1. The highest BCUT2D eigenvalue weighted by Gasteiger charge is 2.32. The second-order valence-electron chi connectivity index (χ2n) is 6.38. The van der Waals surface area contributed by atoms with Gasteiger partial charge in [0.25, 0.3) is 0 Å². The van der Waals surface area contributed by atoms with Crippen molar-refractivity contribution in [1.82, 2.24) is 19.9 Å². The molecule has 6 nitrogen and oxygen atoms in total.